The molecule has 8 nitrogen and oxygen atoms in total. The number of fused-ring (bicyclic) bond motifs is 1. The SMILES string of the molecule is CC(C)(O)CCc1cc(C2(C(=N)C(=O)c3ccccc3CNC(=O)C(=O)NCC#N)CC2)c2ccccc2c1. The minimum Gasteiger partial charge on any atom is -0.390 e. The van der Waals surface area contributed by atoms with Gasteiger partial charge in [0.25, 0.3) is 0 Å². The van der Waals surface area contributed by atoms with Gasteiger partial charge >= 0.3 is 11.8 Å². The molecule has 200 valence electrons. The minimum atomic E-state index is -0.929. The number of nitrogens with one attached hydrogen (secondary N) is 3. The Labute approximate surface area is 227 Å². The van der Waals surface area contributed by atoms with Crippen LogP contribution in [0, 0.1) is 16.7 Å². The van der Waals surface area contributed by atoms with E-state index in [0.717, 1.165) is 21.9 Å². The molecule has 0 atom stereocenters. The fourth-order valence-corrected chi connectivity index (χ4v) is 4.85. The first-order valence-electron chi connectivity index (χ1n) is 12.9. The highest BCUT2D eigenvalue weighted by Gasteiger charge is 2.51. The van der Waals surface area contributed by atoms with Gasteiger partial charge in [-0.05, 0) is 67.0 Å². The molecule has 39 heavy (non-hydrogen) atoms. The average molecular weight is 525 g/mol. The van der Waals surface area contributed by atoms with E-state index in [2.05, 4.69) is 22.8 Å². The van der Waals surface area contributed by atoms with Crippen LogP contribution >= 0.6 is 0 Å². The van der Waals surface area contributed by atoms with Crippen molar-refractivity contribution in [2.75, 3.05) is 6.54 Å². The zero-order valence-electron chi connectivity index (χ0n) is 22.1. The van der Waals surface area contributed by atoms with Gasteiger partial charge in [-0.1, -0.05) is 60.7 Å². The lowest BCUT2D eigenvalue weighted by Crippen LogP contribution is -2.40. The number of carbonyl (C=O) groups excluding carboxylic acids is 3. The first-order chi connectivity index (χ1) is 18.6. The molecular weight excluding hydrogens is 492 g/mol. The van der Waals surface area contributed by atoms with Crippen LogP contribution in [0.4, 0.5) is 0 Å². The highest BCUT2D eigenvalue weighted by atomic mass is 16.3. The van der Waals surface area contributed by atoms with Gasteiger partial charge in [0.1, 0.15) is 6.54 Å². The number of hydrogen-bond acceptors (Lipinski definition) is 6. The van der Waals surface area contributed by atoms with Crippen molar-refractivity contribution >= 4 is 34.1 Å². The molecule has 1 saturated carbocycles. The lowest BCUT2D eigenvalue weighted by molar-refractivity contribution is -0.139. The minimum absolute atomic E-state index is 0.00201. The molecule has 3 aromatic rings. The Morgan fingerprint density at radius 1 is 1.03 bits per heavy atom. The van der Waals surface area contributed by atoms with Gasteiger partial charge in [0.2, 0.25) is 5.78 Å². The van der Waals surface area contributed by atoms with E-state index in [1.54, 1.807) is 44.2 Å². The number of hydrogen-bond donors (Lipinski definition) is 4. The Morgan fingerprint density at radius 2 is 1.69 bits per heavy atom. The van der Waals surface area contributed by atoms with Crippen LogP contribution in [0.5, 0.6) is 0 Å². The third-order valence-electron chi connectivity index (χ3n) is 7.15. The quantitative estimate of drug-likeness (QED) is 0.138. The van der Waals surface area contributed by atoms with Gasteiger partial charge in [0.05, 0.1) is 17.4 Å². The second-order valence-electron chi connectivity index (χ2n) is 10.6. The van der Waals surface area contributed by atoms with Crippen LogP contribution in [0.2, 0.25) is 0 Å². The van der Waals surface area contributed by atoms with Crippen LogP contribution in [0.1, 0.15) is 60.2 Å². The van der Waals surface area contributed by atoms with Gasteiger partial charge in [-0.2, -0.15) is 5.26 Å². The molecule has 0 heterocycles. The zero-order valence-corrected chi connectivity index (χ0v) is 22.1. The zero-order chi connectivity index (χ0) is 28.2. The summed E-state index contributed by atoms with van der Waals surface area (Å²) in [6.45, 7) is 3.21. The molecular formula is C31H32N4O4. The van der Waals surface area contributed by atoms with Crippen LogP contribution in [0.15, 0.2) is 60.7 Å². The molecule has 3 aromatic carbocycles. The number of amides is 2. The normalized spacial score (nSPS) is 13.8. The van der Waals surface area contributed by atoms with E-state index in [1.165, 1.54) is 0 Å². The number of benzene rings is 3. The summed E-state index contributed by atoms with van der Waals surface area (Å²) in [5.74, 6) is -2.26. The van der Waals surface area contributed by atoms with Crippen LogP contribution in [0.25, 0.3) is 10.8 Å². The summed E-state index contributed by atoms with van der Waals surface area (Å²) >= 11 is 0. The van der Waals surface area contributed by atoms with E-state index in [-0.39, 0.29) is 18.8 Å². The van der Waals surface area contributed by atoms with Crippen molar-refractivity contribution in [3.05, 3.63) is 82.9 Å². The highest BCUT2D eigenvalue weighted by Crippen LogP contribution is 2.52. The summed E-state index contributed by atoms with van der Waals surface area (Å²) in [6, 6.07) is 20.6. The van der Waals surface area contributed by atoms with E-state index in [4.69, 9.17) is 10.7 Å². The van der Waals surface area contributed by atoms with Crippen molar-refractivity contribution in [3.63, 3.8) is 0 Å². The van der Waals surface area contributed by atoms with Crippen molar-refractivity contribution in [3.8, 4) is 6.07 Å². The first-order valence-corrected chi connectivity index (χ1v) is 12.9. The van der Waals surface area contributed by atoms with Crippen molar-refractivity contribution in [2.45, 2.75) is 57.1 Å². The molecule has 0 spiro atoms. The third-order valence-corrected chi connectivity index (χ3v) is 7.15. The van der Waals surface area contributed by atoms with E-state index in [9.17, 15) is 19.5 Å². The van der Waals surface area contributed by atoms with Crippen molar-refractivity contribution in [1.82, 2.24) is 10.6 Å². The molecule has 0 unspecified atom stereocenters. The Morgan fingerprint density at radius 3 is 2.38 bits per heavy atom. The van der Waals surface area contributed by atoms with E-state index in [0.29, 0.717) is 36.8 Å². The number of carbonyl (C=O) groups is 3. The first kappa shape index (κ1) is 27.7. The number of aliphatic hydroxyl groups is 1. The standard InChI is InChI=1S/C31H32N4O4/c1-30(2,39)12-11-20-17-21-7-3-5-9-23(21)25(18-20)31(13-14-31)27(33)26(36)24-10-6-4-8-22(24)19-35-29(38)28(37)34-16-15-32/h3-10,17-18,33,39H,11-14,16,19H2,1-2H3,(H,34,37)(H,35,38). The lowest BCUT2D eigenvalue weighted by Gasteiger charge is -2.22. The van der Waals surface area contributed by atoms with Crippen LogP contribution < -0.4 is 10.6 Å². The van der Waals surface area contributed by atoms with Crippen molar-refractivity contribution in [2.24, 2.45) is 0 Å². The molecule has 0 radical (unpaired) electrons. The van der Waals surface area contributed by atoms with Crippen LogP contribution in [0.3, 0.4) is 0 Å². The number of nitriles is 1. The Hall–Kier alpha value is -4.35. The van der Waals surface area contributed by atoms with Crippen LogP contribution in [-0.4, -0.2) is 40.6 Å². The molecule has 1 fully saturated rings. The fraction of sp³-hybridized carbons (Fsp3) is 0.323. The predicted octanol–water partition coefficient (Wildman–Crippen LogP) is 3.73. The van der Waals surface area contributed by atoms with Gasteiger partial charge in [-0.25, -0.2) is 0 Å². The largest absolute Gasteiger partial charge is 0.390 e. The van der Waals surface area contributed by atoms with Gasteiger partial charge in [-0.15, -0.1) is 0 Å². The van der Waals surface area contributed by atoms with E-state index < -0.39 is 28.6 Å². The van der Waals surface area contributed by atoms with Gasteiger partial charge in [0.15, 0.2) is 0 Å². The maximum atomic E-state index is 13.7. The third kappa shape index (κ3) is 6.21. The van der Waals surface area contributed by atoms with E-state index >= 15 is 0 Å². The Bertz CT molecular complexity index is 1490. The molecule has 0 aliphatic heterocycles. The molecule has 1 aliphatic carbocycles. The second-order valence-corrected chi connectivity index (χ2v) is 10.6. The smallest absolute Gasteiger partial charge is 0.310 e. The fourth-order valence-electron chi connectivity index (χ4n) is 4.85. The summed E-state index contributed by atoms with van der Waals surface area (Å²) in [5, 5.41) is 34.6. The van der Waals surface area contributed by atoms with Crippen LogP contribution in [-0.2, 0) is 28.0 Å². The molecule has 2 amide bonds. The molecule has 0 saturated heterocycles. The summed E-state index contributed by atoms with van der Waals surface area (Å²) in [7, 11) is 0. The van der Waals surface area contributed by atoms with Crippen molar-refractivity contribution in [1.29, 1.82) is 10.7 Å². The van der Waals surface area contributed by atoms with Gasteiger partial charge in [-0.3, -0.25) is 14.4 Å². The maximum absolute atomic E-state index is 13.7. The molecule has 1 aliphatic rings. The summed E-state index contributed by atoms with van der Waals surface area (Å²) < 4.78 is 0. The highest BCUT2D eigenvalue weighted by molar-refractivity contribution is 6.49. The number of Topliss-reactive ketones (excluding diaryl/α,β-unsaturated/α-hetero) is 1. The molecule has 0 aromatic heterocycles. The van der Waals surface area contributed by atoms with Gasteiger partial charge < -0.3 is 21.1 Å². The molecule has 0 bridgehead atoms. The molecule has 4 rings (SSSR count). The monoisotopic (exact) mass is 524 g/mol. The van der Waals surface area contributed by atoms with Gasteiger partial charge in [0, 0.05) is 17.5 Å². The Balaban J connectivity index is 1.61. The van der Waals surface area contributed by atoms with Crippen molar-refractivity contribution < 1.29 is 19.5 Å². The number of ketones is 1. The Kier molecular flexibility index (Phi) is 7.93. The number of aryl methyl sites for hydroxylation is 1. The predicted molar refractivity (Wildman–Crippen MR) is 148 cm³/mol. The summed E-state index contributed by atoms with van der Waals surface area (Å²) in [5.41, 5.74) is 1.27. The summed E-state index contributed by atoms with van der Waals surface area (Å²) in [4.78, 5) is 37.6. The maximum Gasteiger partial charge on any atom is 0.310 e. The topological polar surface area (TPSA) is 143 Å². The molecule has 4 N–H and O–H groups in total. The molecule has 8 heteroatoms. The average Bonchev–Trinajstić information content (AvgIpc) is 3.74. The lowest BCUT2D eigenvalue weighted by atomic mass is 9.81. The number of rotatable bonds is 10. The number of nitrogens with zero attached hydrogens (tertiary/aromatic N) is 1. The second kappa shape index (κ2) is 11.2. The van der Waals surface area contributed by atoms with E-state index in [1.807, 2.05) is 24.3 Å². The summed E-state index contributed by atoms with van der Waals surface area (Å²) in [6.07, 6.45) is 2.61.